The number of nitrogens with two attached hydrogens (primary N) is 1. The number of amides is 1. The number of aromatic nitrogens is 2. The van der Waals surface area contributed by atoms with Crippen LogP contribution >= 0.6 is 0 Å². The second kappa shape index (κ2) is 4.61. The van der Waals surface area contributed by atoms with Crippen molar-refractivity contribution in [1.29, 1.82) is 0 Å². The predicted octanol–water partition coefficient (Wildman–Crippen LogP) is 0.541. The molecule has 1 aromatic rings. The zero-order valence-corrected chi connectivity index (χ0v) is 10.9. The van der Waals surface area contributed by atoms with Crippen molar-refractivity contribution in [3.05, 3.63) is 11.4 Å². The molecule has 0 atom stereocenters. The molecule has 2 rings (SSSR count). The molecule has 1 fully saturated rings. The lowest BCUT2D eigenvalue weighted by Gasteiger charge is -2.45. The highest BCUT2D eigenvalue weighted by Gasteiger charge is 2.43. The Morgan fingerprint density at radius 2 is 2.22 bits per heavy atom. The van der Waals surface area contributed by atoms with Crippen LogP contribution in [0.25, 0.3) is 0 Å². The van der Waals surface area contributed by atoms with Gasteiger partial charge in [-0.25, -0.2) is 0 Å². The number of likely N-dealkylation sites (tertiary alicyclic amines) is 1. The monoisotopic (exact) mass is 252 g/mol. The highest BCUT2D eigenvalue weighted by molar-refractivity contribution is 5.98. The van der Waals surface area contributed by atoms with E-state index in [1.165, 1.54) is 0 Å². The lowest BCUT2D eigenvalue weighted by Crippen LogP contribution is -2.63. The van der Waals surface area contributed by atoms with E-state index in [-0.39, 0.29) is 11.6 Å². The normalized spacial score (nSPS) is 17.6. The van der Waals surface area contributed by atoms with Gasteiger partial charge in [-0.1, -0.05) is 20.3 Å². The molecule has 6 heteroatoms. The van der Waals surface area contributed by atoms with Crippen LogP contribution in [0.3, 0.4) is 0 Å². The van der Waals surface area contributed by atoms with Crippen molar-refractivity contribution in [2.75, 3.05) is 18.8 Å². The summed E-state index contributed by atoms with van der Waals surface area (Å²) >= 11 is 0. The molecule has 6 nitrogen and oxygen atoms in total. The van der Waals surface area contributed by atoms with E-state index < -0.39 is 5.60 Å². The molecule has 1 aliphatic heterocycles. The molecular weight excluding hydrogens is 232 g/mol. The summed E-state index contributed by atoms with van der Waals surface area (Å²) in [5.74, 6) is -0.204. The SMILES string of the molecule is CCCc1[nH]nc(C(=O)N2CC(O)(CC)C2)c1N. The first-order chi connectivity index (χ1) is 8.50. The lowest BCUT2D eigenvalue weighted by molar-refractivity contribution is -0.0827. The third-order valence-electron chi connectivity index (χ3n) is 3.50. The van der Waals surface area contributed by atoms with Crippen LogP contribution in [0.2, 0.25) is 0 Å². The average molecular weight is 252 g/mol. The molecule has 0 aromatic carbocycles. The van der Waals surface area contributed by atoms with Crippen LogP contribution in [0.4, 0.5) is 5.69 Å². The number of hydrogen-bond acceptors (Lipinski definition) is 4. The molecule has 100 valence electrons. The molecular formula is C12H20N4O2. The van der Waals surface area contributed by atoms with Gasteiger partial charge in [0.15, 0.2) is 5.69 Å². The highest BCUT2D eigenvalue weighted by atomic mass is 16.3. The number of nitrogens with one attached hydrogen (secondary N) is 1. The fourth-order valence-corrected chi connectivity index (χ4v) is 2.17. The number of hydrogen-bond donors (Lipinski definition) is 3. The number of aryl methyl sites for hydroxylation is 1. The van der Waals surface area contributed by atoms with Gasteiger partial charge in [0.25, 0.3) is 5.91 Å². The molecule has 1 aromatic heterocycles. The quantitative estimate of drug-likeness (QED) is 0.729. The zero-order chi connectivity index (χ0) is 13.3. The highest BCUT2D eigenvalue weighted by Crippen LogP contribution is 2.27. The largest absolute Gasteiger partial charge is 0.395 e. The van der Waals surface area contributed by atoms with Crippen molar-refractivity contribution in [2.45, 2.75) is 38.7 Å². The Morgan fingerprint density at radius 3 is 2.78 bits per heavy atom. The van der Waals surface area contributed by atoms with Gasteiger partial charge in [0.1, 0.15) is 0 Å². The second-order valence-electron chi connectivity index (χ2n) is 4.95. The standard InChI is InChI=1S/C12H20N4O2/c1-3-5-8-9(13)10(15-14-8)11(17)16-6-12(18,4-2)7-16/h18H,3-7,13H2,1-2H3,(H,14,15). The van der Waals surface area contributed by atoms with Crippen molar-refractivity contribution < 1.29 is 9.90 Å². The Bertz CT molecular complexity index is 449. The number of β-amino-alcohol motifs (C(OH)–C–C–N with tert-alkyl or cyclic N) is 1. The number of rotatable bonds is 4. The maximum atomic E-state index is 12.1. The fourth-order valence-electron chi connectivity index (χ4n) is 2.17. The van der Waals surface area contributed by atoms with Crippen LogP contribution in [0.15, 0.2) is 0 Å². The van der Waals surface area contributed by atoms with E-state index in [1.807, 2.05) is 13.8 Å². The van der Waals surface area contributed by atoms with Crippen LogP contribution in [0, 0.1) is 0 Å². The molecule has 0 saturated carbocycles. The van der Waals surface area contributed by atoms with Crippen LogP contribution in [0.5, 0.6) is 0 Å². The summed E-state index contributed by atoms with van der Waals surface area (Å²) in [5, 5.41) is 16.7. The topological polar surface area (TPSA) is 95.2 Å². The summed E-state index contributed by atoms with van der Waals surface area (Å²) in [6.07, 6.45) is 2.37. The van der Waals surface area contributed by atoms with E-state index >= 15 is 0 Å². The number of aliphatic hydroxyl groups is 1. The zero-order valence-electron chi connectivity index (χ0n) is 10.9. The third kappa shape index (κ3) is 2.08. The van der Waals surface area contributed by atoms with Crippen LogP contribution in [-0.2, 0) is 6.42 Å². The summed E-state index contributed by atoms with van der Waals surface area (Å²) < 4.78 is 0. The second-order valence-corrected chi connectivity index (χ2v) is 4.95. The average Bonchev–Trinajstić information content (AvgIpc) is 2.67. The first kappa shape index (κ1) is 12.9. The smallest absolute Gasteiger partial charge is 0.276 e. The van der Waals surface area contributed by atoms with Crippen molar-refractivity contribution in [2.24, 2.45) is 0 Å². The minimum atomic E-state index is -0.729. The van der Waals surface area contributed by atoms with Gasteiger partial charge in [0.05, 0.1) is 30.1 Å². The summed E-state index contributed by atoms with van der Waals surface area (Å²) in [5.41, 5.74) is 6.70. The van der Waals surface area contributed by atoms with E-state index in [9.17, 15) is 9.90 Å². The number of carbonyl (C=O) groups is 1. The lowest BCUT2D eigenvalue weighted by atomic mass is 9.91. The first-order valence-electron chi connectivity index (χ1n) is 6.35. The predicted molar refractivity (Wildman–Crippen MR) is 68.1 cm³/mol. The van der Waals surface area contributed by atoms with Gasteiger partial charge in [-0.2, -0.15) is 5.10 Å². The Kier molecular flexibility index (Phi) is 3.30. The number of anilines is 1. The minimum absolute atomic E-state index is 0.204. The fraction of sp³-hybridized carbons (Fsp3) is 0.667. The Morgan fingerprint density at radius 1 is 1.56 bits per heavy atom. The molecule has 0 radical (unpaired) electrons. The molecule has 4 N–H and O–H groups in total. The number of nitrogens with zero attached hydrogens (tertiary/aromatic N) is 2. The molecule has 0 aliphatic carbocycles. The Hall–Kier alpha value is -1.56. The molecule has 2 heterocycles. The molecule has 1 saturated heterocycles. The van der Waals surface area contributed by atoms with Crippen LogP contribution in [-0.4, -0.2) is 44.8 Å². The van der Waals surface area contributed by atoms with Gasteiger partial charge in [-0.3, -0.25) is 9.89 Å². The Balaban J connectivity index is 2.07. The van der Waals surface area contributed by atoms with Crippen molar-refractivity contribution in [3.63, 3.8) is 0 Å². The summed E-state index contributed by atoms with van der Waals surface area (Å²) in [7, 11) is 0. The molecule has 1 amide bonds. The maximum Gasteiger partial charge on any atom is 0.276 e. The van der Waals surface area contributed by atoms with E-state index in [0.717, 1.165) is 18.5 Å². The van der Waals surface area contributed by atoms with E-state index in [1.54, 1.807) is 4.90 Å². The minimum Gasteiger partial charge on any atom is -0.395 e. The van der Waals surface area contributed by atoms with Crippen molar-refractivity contribution in [3.8, 4) is 0 Å². The van der Waals surface area contributed by atoms with E-state index in [4.69, 9.17) is 5.73 Å². The van der Waals surface area contributed by atoms with Gasteiger partial charge in [-0.05, 0) is 12.8 Å². The number of carbonyl (C=O) groups excluding carboxylic acids is 1. The number of H-pyrrole nitrogens is 1. The number of aromatic amines is 1. The van der Waals surface area contributed by atoms with Crippen LogP contribution in [0.1, 0.15) is 42.9 Å². The van der Waals surface area contributed by atoms with E-state index in [2.05, 4.69) is 10.2 Å². The summed E-state index contributed by atoms with van der Waals surface area (Å²) in [6.45, 7) is 4.66. The Labute approximate surface area is 106 Å². The molecule has 0 bridgehead atoms. The first-order valence-corrected chi connectivity index (χ1v) is 6.35. The van der Waals surface area contributed by atoms with Gasteiger partial charge in [0, 0.05) is 0 Å². The van der Waals surface area contributed by atoms with Gasteiger partial charge in [0.2, 0.25) is 0 Å². The number of nitrogen functional groups attached to an aromatic ring is 1. The molecule has 18 heavy (non-hydrogen) atoms. The molecule has 0 unspecified atom stereocenters. The van der Waals surface area contributed by atoms with Crippen LogP contribution < -0.4 is 5.73 Å². The summed E-state index contributed by atoms with van der Waals surface area (Å²) in [4.78, 5) is 13.7. The summed E-state index contributed by atoms with van der Waals surface area (Å²) in [6, 6.07) is 0. The molecule has 1 aliphatic rings. The van der Waals surface area contributed by atoms with Gasteiger partial charge in [-0.15, -0.1) is 0 Å². The van der Waals surface area contributed by atoms with E-state index in [0.29, 0.717) is 25.2 Å². The molecule has 0 spiro atoms. The van der Waals surface area contributed by atoms with Crippen molar-refractivity contribution >= 4 is 11.6 Å². The van der Waals surface area contributed by atoms with Gasteiger partial charge < -0.3 is 15.7 Å². The maximum absolute atomic E-state index is 12.1. The van der Waals surface area contributed by atoms with Crippen molar-refractivity contribution in [1.82, 2.24) is 15.1 Å². The third-order valence-corrected chi connectivity index (χ3v) is 3.50. The van der Waals surface area contributed by atoms with Gasteiger partial charge >= 0.3 is 0 Å².